The molecule has 6 nitrogen and oxygen atoms in total. The highest BCUT2D eigenvalue weighted by Gasteiger charge is 2.38. The molecule has 1 aliphatic heterocycles. The molecule has 1 saturated heterocycles. The highest BCUT2D eigenvalue weighted by Crippen LogP contribution is 2.23. The van der Waals surface area contributed by atoms with Gasteiger partial charge in [0.05, 0.1) is 16.7 Å². The molecular weight excluding hydrogens is 270 g/mol. The minimum Gasteiger partial charge on any atom is -0.391 e. The number of hydrogen-bond donors (Lipinski definition) is 2. The molecule has 1 amide bonds. The molecule has 1 aromatic heterocycles. The van der Waals surface area contributed by atoms with Crippen LogP contribution in [0.5, 0.6) is 0 Å². The summed E-state index contributed by atoms with van der Waals surface area (Å²) < 4.78 is 3.67. The third-order valence-corrected chi connectivity index (χ3v) is 4.30. The highest BCUT2D eigenvalue weighted by molar-refractivity contribution is 7.80. The summed E-state index contributed by atoms with van der Waals surface area (Å²) >= 11 is 6.19. The standard InChI is InChI=1S/C10H15N5OS2/c1-15-4-2-10(3-5-15,9(11)17)13-8(16)7-6-12-14-18-7/h6H,2-5H2,1H3,(H2,11,17)(H,13,16). The molecule has 0 unspecified atom stereocenters. The molecule has 0 spiro atoms. The lowest BCUT2D eigenvalue weighted by Gasteiger charge is -2.40. The van der Waals surface area contributed by atoms with Gasteiger partial charge in [0.2, 0.25) is 0 Å². The number of aromatic nitrogens is 2. The lowest BCUT2D eigenvalue weighted by Crippen LogP contribution is -2.61. The third kappa shape index (κ3) is 2.65. The van der Waals surface area contributed by atoms with Crippen molar-refractivity contribution in [2.24, 2.45) is 5.73 Å². The Balaban J connectivity index is 2.12. The molecule has 2 rings (SSSR count). The van der Waals surface area contributed by atoms with E-state index in [1.807, 2.05) is 7.05 Å². The number of rotatable bonds is 3. The zero-order valence-electron chi connectivity index (χ0n) is 10.0. The van der Waals surface area contributed by atoms with Gasteiger partial charge in [-0.1, -0.05) is 16.7 Å². The summed E-state index contributed by atoms with van der Waals surface area (Å²) in [5, 5.41) is 6.60. The fourth-order valence-electron chi connectivity index (χ4n) is 1.98. The Morgan fingerprint density at radius 2 is 2.28 bits per heavy atom. The first kappa shape index (κ1) is 13.3. The number of nitrogens with zero attached hydrogens (tertiary/aromatic N) is 3. The smallest absolute Gasteiger partial charge is 0.265 e. The largest absolute Gasteiger partial charge is 0.391 e. The number of carbonyl (C=O) groups is 1. The first-order chi connectivity index (χ1) is 8.53. The Bertz CT molecular complexity index is 439. The second-order valence-corrected chi connectivity index (χ2v) is 5.71. The molecule has 1 fully saturated rings. The van der Waals surface area contributed by atoms with Crippen molar-refractivity contribution in [3.8, 4) is 0 Å². The lowest BCUT2D eigenvalue weighted by molar-refractivity contribution is 0.0894. The maximum absolute atomic E-state index is 12.1. The number of hydrogen-bond acceptors (Lipinski definition) is 6. The van der Waals surface area contributed by atoms with Crippen LogP contribution < -0.4 is 11.1 Å². The van der Waals surface area contributed by atoms with Gasteiger partial charge in [-0.15, -0.1) is 5.10 Å². The first-order valence-corrected chi connectivity index (χ1v) is 6.80. The van der Waals surface area contributed by atoms with Crippen LogP contribution in [0.1, 0.15) is 22.5 Å². The first-order valence-electron chi connectivity index (χ1n) is 5.62. The van der Waals surface area contributed by atoms with Gasteiger partial charge in [0.25, 0.3) is 5.91 Å². The van der Waals surface area contributed by atoms with Crippen molar-refractivity contribution in [3.05, 3.63) is 11.1 Å². The Labute approximate surface area is 115 Å². The lowest BCUT2D eigenvalue weighted by atomic mass is 9.87. The molecule has 0 aliphatic carbocycles. The van der Waals surface area contributed by atoms with E-state index >= 15 is 0 Å². The van der Waals surface area contributed by atoms with Crippen molar-refractivity contribution in [3.63, 3.8) is 0 Å². The Morgan fingerprint density at radius 1 is 1.61 bits per heavy atom. The number of nitrogens with two attached hydrogens (primary N) is 1. The fourth-order valence-corrected chi connectivity index (χ4v) is 2.65. The van der Waals surface area contributed by atoms with E-state index in [-0.39, 0.29) is 5.91 Å². The fraction of sp³-hybridized carbons (Fsp3) is 0.600. The van der Waals surface area contributed by atoms with Gasteiger partial charge in [-0.05, 0) is 31.4 Å². The van der Waals surface area contributed by atoms with Crippen molar-refractivity contribution < 1.29 is 4.79 Å². The number of likely N-dealkylation sites (tertiary alicyclic amines) is 1. The summed E-state index contributed by atoms with van der Waals surface area (Å²) in [5.41, 5.74) is 5.24. The van der Waals surface area contributed by atoms with Crippen LogP contribution >= 0.6 is 23.8 Å². The van der Waals surface area contributed by atoms with Gasteiger partial charge in [-0.2, -0.15) is 0 Å². The van der Waals surface area contributed by atoms with Crippen LogP contribution in [0.3, 0.4) is 0 Å². The predicted octanol–water partition coefficient (Wildman–Crippen LogP) is 0.0184. The number of thiocarbonyl (C=S) groups is 1. The summed E-state index contributed by atoms with van der Waals surface area (Å²) in [7, 11) is 2.04. The van der Waals surface area contributed by atoms with Crippen LogP contribution in [0.2, 0.25) is 0 Å². The Kier molecular flexibility index (Phi) is 3.88. The van der Waals surface area contributed by atoms with E-state index < -0.39 is 5.54 Å². The topological polar surface area (TPSA) is 84.1 Å². The van der Waals surface area contributed by atoms with Gasteiger partial charge in [-0.25, -0.2) is 0 Å². The quantitative estimate of drug-likeness (QED) is 0.762. The van der Waals surface area contributed by atoms with Crippen molar-refractivity contribution in [2.75, 3.05) is 20.1 Å². The summed E-state index contributed by atoms with van der Waals surface area (Å²) in [6.07, 6.45) is 2.91. The molecule has 98 valence electrons. The third-order valence-electron chi connectivity index (χ3n) is 3.25. The van der Waals surface area contributed by atoms with Crippen LogP contribution in [0.25, 0.3) is 0 Å². The maximum atomic E-state index is 12.1. The molecular formula is C10H15N5OS2. The van der Waals surface area contributed by atoms with Crippen LogP contribution in [0.4, 0.5) is 0 Å². The predicted molar refractivity (Wildman–Crippen MR) is 73.6 cm³/mol. The van der Waals surface area contributed by atoms with E-state index in [2.05, 4.69) is 19.8 Å². The number of nitrogens with one attached hydrogen (secondary N) is 1. The average molecular weight is 285 g/mol. The molecule has 3 N–H and O–H groups in total. The Hall–Kier alpha value is -1.12. The second-order valence-electron chi connectivity index (χ2n) is 4.49. The van der Waals surface area contributed by atoms with Crippen molar-refractivity contribution in [1.29, 1.82) is 0 Å². The van der Waals surface area contributed by atoms with Gasteiger partial charge < -0.3 is 16.0 Å². The van der Waals surface area contributed by atoms with E-state index in [1.165, 1.54) is 6.20 Å². The van der Waals surface area contributed by atoms with E-state index in [4.69, 9.17) is 18.0 Å². The minimum absolute atomic E-state index is 0.206. The van der Waals surface area contributed by atoms with Crippen LogP contribution in [-0.2, 0) is 0 Å². The van der Waals surface area contributed by atoms with Gasteiger partial charge in [0.15, 0.2) is 0 Å². The van der Waals surface area contributed by atoms with Crippen LogP contribution in [0.15, 0.2) is 6.20 Å². The number of carbonyl (C=O) groups excluding carboxylic acids is 1. The molecule has 0 saturated carbocycles. The minimum atomic E-state index is -0.580. The van der Waals surface area contributed by atoms with E-state index in [0.29, 0.717) is 9.87 Å². The molecule has 1 aromatic rings. The van der Waals surface area contributed by atoms with Gasteiger partial charge >= 0.3 is 0 Å². The zero-order valence-corrected chi connectivity index (χ0v) is 11.7. The van der Waals surface area contributed by atoms with Gasteiger partial charge in [0, 0.05) is 13.1 Å². The van der Waals surface area contributed by atoms with E-state index in [1.54, 1.807) is 0 Å². The summed E-state index contributed by atoms with van der Waals surface area (Å²) in [6.45, 7) is 1.72. The molecule has 2 heterocycles. The molecule has 0 aromatic carbocycles. The maximum Gasteiger partial charge on any atom is 0.265 e. The molecule has 0 bridgehead atoms. The van der Waals surface area contributed by atoms with Crippen LogP contribution in [-0.4, -0.2) is 51.1 Å². The Morgan fingerprint density at radius 3 is 2.78 bits per heavy atom. The normalized spacial score (nSPS) is 19.4. The SMILES string of the molecule is CN1CCC(NC(=O)c2cnns2)(C(N)=S)CC1. The summed E-state index contributed by atoms with van der Waals surface area (Å²) in [4.78, 5) is 15.1. The second kappa shape index (κ2) is 5.25. The summed E-state index contributed by atoms with van der Waals surface area (Å²) in [6, 6.07) is 0. The van der Waals surface area contributed by atoms with Gasteiger partial charge in [-0.3, -0.25) is 4.79 Å². The highest BCUT2D eigenvalue weighted by atomic mass is 32.1. The van der Waals surface area contributed by atoms with E-state index in [9.17, 15) is 4.79 Å². The molecule has 1 aliphatic rings. The monoisotopic (exact) mass is 285 g/mol. The zero-order chi connectivity index (χ0) is 13.2. The van der Waals surface area contributed by atoms with Gasteiger partial charge in [0.1, 0.15) is 4.88 Å². The molecule has 0 atom stereocenters. The average Bonchev–Trinajstić information content (AvgIpc) is 2.85. The molecule has 8 heteroatoms. The van der Waals surface area contributed by atoms with E-state index in [0.717, 1.165) is 37.5 Å². The summed E-state index contributed by atoms with van der Waals surface area (Å²) in [5.74, 6) is -0.206. The van der Waals surface area contributed by atoms with Crippen LogP contribution in [0, 0.1) is 0 Å². The van der Waals surface area contributed by atoms with Crippen molar-refractivity contribution in [1.82, 2.24) is 19.8 Å². The molecule has 18 heavy (non-hydrogen) atoms. The molecule has 0 radical (unpaired) electrons. The van der Waals surface area contributed by atoms with Crippen molar-refractivity contribution in [2.45, 2.75) is 18.4 Å². The van der Waals surface area contributed by atoms with Crippen molar-refractivity contribution >= 4 is 34.6 Å². The number of piperidine rings is 1. The number of amides is 1.